The molecule has 0 heterocycles. The third kappa shape index (κ3) is 2.50. The summed E-state index contributed by atoms with van der Waals surface area (Å²) in [5.74, 6) is 0.0890. The number of benzene rings is 2. The number of hydrogen-bond donors (Lipinski definition) is 4. The molecule has 0 amide bonds. The number of aromatic hydroxyl groups is 2. The van der Waals surface area contributed by atoms with Gasteiger partial charge in [-0.3, -0.25) is 0 Å². The van der Waals surface area contributed by atoms with Crippen LogP contribution < -0.4 is 20.2 Å². The molecule has 2 rings (SSSR count). The predicted molar refractivity (Wildman–Crippen MR) is 75.9 cm³/mol. The predicted octanol–water partition coefficient (Wildman–Crippen LogP) is 0.607. The molecule has 2 aromatic rings. The van der Waals surface area contributed by atoms with Crippen LogP contribution in [0.4, 0.5) is 11.4 Å². The van der Waals surface area contributed by atoms with Gasteiger partial charge in [0, 0.05) is 0 Å². The van der Waals surface area contributed by atoms with Crippen molar-refractivity contribution in [1.82, 2.24) is 0 Å². The van der Waals surface area contributed by atoms with Gasteiger partial charge >= 0.3 is 113 Å². The molecule has 0 unspecified atom stereocenters. The number of nitrogens with two attached hydrogens (primary N) is 2. The van der Waals surface area contributed by atoms with Crippen LogP contribution in [0, 0.1) is 0 Å². The van der Waals surface area contributed by atoms with Crippen LogP contribution in [0.15, 0.2) is 36.4 Å². The average Bonchev–Trinajstić information content (AvgIpc) is 2.35. The molecule has 4 nitrogen and oxygen atoms in total. The van der Waals surface area contributed by atoms with Gasteiger partial charge in [-0.05, 0) is 0 Å². The van der Waals surface area contributed by atoms with Crippen molar-refractivity contribution in [2.75, 3.05) is 11.5 Å². The number of rotatable bonds is 2. The maximum atomic E-state index is 9.37. The molecule has 2 aromatic carbocycles. The van der Waals surface area contributed by atoms with Crippen LogP contribution in [0.2, 0.25) is 0 Å². The molecule has 18 heavy (non-hydrogen) atoms. The van der Waals surface area contributed by atoms with Crippen LogP contribution in [0.25, 0.3) is 0 Å². The van der Waals surface area contributed by atoms with E-state index in [0.29, 0.717) is 11.4 Å². The normalized spacial score (nSPS) is 10.8. The molecule has 0 saturated carbocycles. The van der Waals surface area contributed by atoms with Crippen LogP contribution in [0.1, 0.15) is 0 Å². The van der Waals surface area contributed by atoms with Gasteiger partial charge in [-0.2, -0.15) is 0 Å². The Bertz CT molecular complexity index is 541. The Kier molecular flexibility index (Phi) is 3.60. The molecule has 6 N–H and O–H groups in total. The van der Waals surface area contributed by atoms with Gasteiger partial charge < -0.3 is 0 Å². The van der Waals surface area contributed by atoms with Crippen molar-refractivity contribution < 1.29 is 10.2 Å². The number of anilines is 2. The molecule has 0 radical (unpaired) electrons. The van der Waals surface area contributed by atoms with Gasteiger partial charge in [0.15, 0.2) is 0 Å². The molecule has 0 bridgehead atoms. The van der Waals surface area contributed by atoms with Gasteiger partial charge in [-0.25, -0.2) is 0 Å². The summed E-state index contributed by atoms with van der Waals surface area (Å²) in [5, 5.41) is 18.7. The Labute approximate surface area is 113 Å². The second-order valence-corrected chi connectivity index (χ2v) is 8.87. The summed E-state index contributed by atoms with van der Waals surface area (Å²) >= 11 is -2.00. The van der Waals surface area contributed by atoms with Crippen molar-refractivity contribution >= 4 is 43.7 Å². The summed E-state index contributed by atoms with van der Waals surface area (Å²) in [6, 6.07) is 9.90. The third-order valence-electron chi connectivity index (χ3n) is 2.48. The van der Waals surface area contributed by atoms with E-state index in [0.717, 1.165) is 8.70 Å². The van der Waals surface area contributed by atoms with Gasteiger partial charge in [-0.15, -0.1) is 0 Å². The summed E-state index contributed by atoms with van der Waals surface area (Å²) in [6.45, 7) is 0. The third-order valence-corrected chi connectivity index (χ3v) is 7.57. The molecule has 0 atom stereocenters. The zero-order valence-electron chi connectivity index (χ0n) is 9.34. The molecule has 6 heteroatoms. The zero-order chi connectivity index (χ0) is 13.3. The fourth-order valence-electron chi connectivity index (χ4n) is 1.48. The number of hydrogen-bond acceptors (Lipinski definition) is 4. The first-order valence-corrected chi connectivity index (χ1v) is 9.46. The molecule has 0 fully saturated rings. The van der Waals surface area contributed by atoms with E-state index < -0.39 is 13.7 Å². The number of halogens is 1. The number of phenolic OH excluding ortho intramolecular Hbond substituents is 2. The van der Waals surface area contributed by atoms with E-state index in [4.69, 9.17) is 21.4 Å². The van der Waals surface area contributed by atoms with Crippen LogP contribution in [-0.4, -0.2) is 23.9 Å². The summed E-state index contributed by atoms with van der Waals surface area (Å²) in [5.41, 5.74) is 11.9. The second kappa shape index (κ2) is 5.00. The van der Waals surface area contributed by atoms with Gasteiger partial charge in [0.25, 0.3) is 0 Å². The van der Waals surface area contributed by atoms with Crippen molar-refractivity contribution in [3.8, 4) is 11.5 Å². The minimum absolute atomic E-state index is 0.0445. The second-order valence-electron chi connectivity index (χ2n) is 3.77. The summed E-state index contributed by atoms with van der Waals surface area (Å²) in [6.07, 6.45) is 0. The summed E-state index contributed by atoms with van der Waals surface area (Å²) in [4.78, 5) is 0. The van der Waals surface area contributed by atoms with Crippen molar-refractivity contribution in [3.05, 3.63) is 36.4 Å². The van der Waals surface area contributed by atoms with E-state index in [-0.39, 0.29) is 11.5 Å². The Morgan fingerprint density at radius 1 is 0.833 bits per heavy atom. The molecular formula is C12H12AsClN2O2. The Morgan fingerprint density at radius 2 is 1.22 bits per heavy atom. The first kappa shape index (κ1) is 12.9. The quantitative estimate of drug-likeness (QED) is 0.369. The van der Waals surface area contributed by atoms with Gasteiger partial charge in [0.1, 0.15) is 0 Å². The van der Waals surface area contributed by atoms with Gasteiger partial charge in [0.2, 0.25) is 0 Å². The number of nitrogen functional groups attached to an aromatic ring is 2. The molecule has 0 aliphatic heterocycles. The van der Waals surface area contributed by atoms with Gasteiger partial charge in [-0.1, -0.05) is 0 Å². The average molecular weight is 327 g/mol. The first-order chi connectivity index (χ1) is 8.49. The minimum atomic E-state index is -2.00. The Morgan fingerprint density at radius 3 is 1.56 bits per heavy atom. The summed E-state index contributed by atoms with van der Waals surface area (Å²) < 4.78 is 1.79. The molecule has 94 valence electrons. The topological polar surface area (TPSA) is 92.5 Å². The standard InChI is InChI=1S/C12H12AsClN2O2/c14-13(7-1-3-11(17)9(15)5-7)8-2-4-12(18)10(16)6-8/h1-6,17-18H,15-16H2. The van der Waals surface area contributed by atoms with E-state index in [1.165, 1.54) is 12.1 Å². The van der Waals surface area contributed by atoms with E-state index >= 15 is 0 Å². The van der Waals surface area contributed by atoms with E-state index in [2.05, 4.69) is 0 Å². The molecule has 0 aliphatic carbocycles. The van der Waals surface area contributed by atoms with Gasteiger partial charge in [0.05, 0.1) is 0 Å². The fourth-order valence-corrected chi connectivity index (χ4v) is 5.12. The van der Waals surface area contributed by atoms with Crippen LogP contribution in [0.5, 0.6) is 11.5 Å². The van der Waals surface area contributed by atoms with Crippen molar-refractivity contribution in [3.63, 3.8) is 0 Å². The molecular weight excluding hydrogens is 315 g/mol. The van der Waals surface area contributed by atoms with Crippen molar-refractivity contribution in [2.45, 2.75) is 0 Å². The Hall–Kier alpha value is -1.51. The van der Waals surface area contributed by atoms with Crippen LogP contribution in [0.3, 0.4) is 0 Å². The monoisotopic (exact) mass is 326 g/mol. The molecule has 0 saturated heterocycles. The molecule has 0 aliphatic rings. The van der Waals surface area contributed by atoms with E-state index in [9.17, 15) is 10.2 Å². The van der Waals surface area contributed by atoms with Crippen molar-refractivity contribution in [2.24, 2.45) is 0 Å². The zero-order valence-corrected chi connectivity index (χ0v) is 12.0. The molecule has 0 aromatic heterocycles. The van der Waals surface area contributed by atoms with E-state index in [1.54, 1.807) is 24.3 Å². The van der Waals surface area contributed by atoms with Crippen molar-refractivity contribution in [1.29, 1.82) is 0 Å². The SMILES string of the molecule is Nc1cc([As](Cl)c2ccc(O)c(N)c2)ccc1O. The fraction of sp³-hybridized carbons (Fsp3) is 0. The van der Waals surface area contributed by atoms with Crippen LogP contribution in [-0.2, 0) is 0 Å². The van der Waals surface area contributed by atoms with E-state index in [1.807, 2.05) is 0 Å². The maximum absolute atomic E-state index is 9.37. The number of phenols is 2. The molecule has 0 spiro atoms. The summed E-state index contributed by atoms with van der Waals surface area (Å²) in [7, 11) is 6.45. The Balaban J connectivity index is 2.37. The first-order valence-electron chi connectivity index (χ1n) is 5.12. The van der Waals surface area contributed by atoms with Crippen LogP contribution >= 0.6 is 9.95 Å².